The van der Waals surface area contributed by atoms with Crippen molar-refractivity contribution >= 4 is 31.9 Å². The summed E-state index contributed by atoms with van der Waals surface area (Å²) in [7, 11) is 0. The van der Waals surface area contributed by atoms with Crippen LogP contribution < -0.4 is 10.5 Å². The van der Waals surface area contributed by atoms with Crippen LogP contribution in [-0.2, 0) is 13.0 Å². The molecular formula is C16H16Br2FNO. The summed E-state index contributed by atoms with van der Waals surface area (Å²) >= 11 is 6.71. The van der Waals surface area contributed by atoms with Gasteiger partial charge in [0, 0.05) is 16.1 Å². The summed E-state index contributed by atoms with van der Waals surface area (Å²) in [6.45, 7) is 2.12. The fourth-order valence-electron chi connectivity index (χ4n) is 2.01. The molecule has 5 heteroatoms. The van der Waals surface area contributed by atoms with Crippen LogP contribution in [0.3, 0.4) is 0 Å². The molecule has 0 aliphatic carbocycles. The molecule has 2 N–H and O–H groups in total. The van der Waals surface area contributed by atoms with E-state index in [4.69, 9.17) is 10.5 Å². The van der Waals surface area contributed by atoms with Gasteiger partial charge < -0.3 is 10.5 Å². The molecule has 0 aromatic heterocycles. The lowest BCUT2D eigenvalue weighted by Crippen LogP contribution is -2.18. The molecule has 0 saturated heterocycles. The summed E-state index contributed by atoms with van der Waals surface area (Å²) in [5.41, 5.74) is 7.38. The van der Waals surface area contributed by atoms with Gasteiger partial charge in [-0.25, -0.2) is 4.39 Å². The van der Waals surface area contributed by atoms with E-state index in [2.05, 4.69) is 31.9 Å². The summed E-state index contributed by atoms with van der Waals surface area (Å²) in [5.74, 6) is 0.433. The number of rotatable bonds is 5. The zero-order valence-electron chi connectivity index (χ0n) is 11.6. The highest BCUT2D eigenvalue weighted by Crippen LogP contribution is 2.31. The van der Waals surface area contributed by atoms with E-state index in [9.17, 15) is 4.39 Å². The third kappa shape index (κ3) is 4.53. The maximum atomic E-state index is 13.8. The lowest BCUT2D eigenvalue weighted by Gasteiger charge is -2.15. The predicted molar refractivity (Wildman–Crippen MR) is 89.9 cm³/mol. The van der Waals surface area contributed by atoms with Gasteiger partial charge in [-0.1, -0.05) is 34.1 Å². The van der Waals surface area contributed by atoms with Gasteiger partial charge in [-0.2, -0.15) is 0 Å². The van der Waals surface area contributed by atoms with Gasteiger partial charge in [-0.15, -0.1) is 0 Å². The van der Waals surface area contributed by atoms with Crippen molar-refractivity contribution in [3.63, 3.8) is 0 Å². The SMILES string of the molecule is CC(N)Cc1cccc(Br)c1OCc1ccc(Br)cc1F. The molecule has 2 aromatic carbocycles. The molecule has 112 valence electrons. The number of hydrogen-bond acceptors (Lipinski definition) is 2. The van der Waals surface area contributed by atoms with E-state index >= 15 is 0 Å². The van der Waals surface area contributed by atoms with E-state index in [0.29, 0.717) is 16.5 Å². The van der Waals surface area contributed by atoms with Crippen molar-refractivity contribution < 1.29 is 9.13 Å². The number of ether oxygens (including phenoxy) is 1. The summed E-state index contributed by atoms with van der Waals surface area (Å²) in [6, 6.07) is 10.8. The van der Waals surface area contributed by atoms with Crippen LogP contribution in [0.15, 0.2) is 45.3 Å². The van der Waals surface area contributed by atoms with E-state index < -0.39 is 0 Å². The number of nitrogens with two attached hydrogens (primary N) is 1. The van der Waals surface area contributed by atoms with Crippen LogP contribution in [0.2, 0.25) is 0 Å². The monoisotopic (exact) mass is 415 g/mol. The van der Waals surface area contributed by atoms with Gasteiger partial charge in [0.05, 0.1) is 4.47 Å². The first-order chi connectivity index (χ1) is 9.97. The first-order valence-electron chi connectivity index (χ1n) is 6.57. The summed E-state index contributed by atoms with van der Waals surface area (Å²) in [5, 5.41) is 0. The molecular weight excluding hydrogens is 401 g/mol. The standard InChI is InChI=1S/C16H16Br2FNO/c1-10(20)7-11-3-2-4-14(18)16(11)21-9-12-5-6-13(17)8-15(12)19/h2-6,8,10H,7,9,20H2,1H3. The molecule has 0 spiro atoms. The third-order valence-corrected chi connectivity index (χ3v) is 4.10. The first kappa shape index (κ1) is 16.5. The first-order valence-corrected chi connectivity index (χ1v) is 8.15. The Morgan fingerprint density at radius 2 is 1.95 bits per heavy atom. The smallest absolute Gasteiger partial charge is 0.137 e. The molecule has 2 nitrogen and oxygen atoms in total. The van der Waals surface area contributed by atoms with Crippen molar-refractivity contribution in [3.8, 4) is 5.75 Å². The van der Waals surface area contributed by atoms with Gasteiger partial charge in [0.15, 0.2) is 0 Å². The van der Waals surface area contributed by atoms with Gasteiger partial charge in [-0.3, -0.25) is 0 Å². The van der Waals surface area contributed by atoms with E-state index in [1.54, 1.807) is 12.1 Å². The second-order valence-corrected chi connectivity index (χ2v) is 6.70. The maximum absolute atomic E-state index is 13.8. The van der Waals surface area contributed by atoms with E-state index in [-0.39, 0.29) is 18.5 Å². The zero-order valence-corrected chi connectivity index (χ0v) is 14.7. The van der Waals surface area contributed by atoms with Crippen molar-refractivity contribution in [1.82, 2.24) is 0 Å². The maximum Gasteiger partial charge on any atom is 0.137 e. The van der Waals surface area contributed by atoms with Gasteiger partial charge in [-0.05, 0) is 53.0 Å². The van der Waals surface area contributed by atoms with Crippen LogP contribution >= 0.6 is 31.9 Å². The summed E-state index contributed by atoms with van der Waals surface area (Å²) < 4.78 is 21.2. The fourth-order valence-corrected chi connectivity index (χ4v) is 2.87. The van der Waals surface area contributed by atoms with Gasteiger partial charge in [0.1, 0.15) is 18.2 Å². The lowest BCUT2D eigenvalue weighted by atomic mass is 10.1. The zero-order chi connectivity index (χ0) is 15.4. The molecule has 2 rings (SSSR count). The molecule has 0 fully saturated rings. The Balaban J connectivity index is 2.19. The number of halogens is 3. The topological polar surface area (TPSA) is 35.2 Å². The van der Waals surface area contributed by atoms with E-state index in [1.807, 2.05) is 25.1 Å². The number of benzene rings is 2. The van der Waals surface area contributed by atoms with Crippen molar-refractivity contribution in [2.75, 3.05) is 0 Å². The minimum atomic E-state index is -0.287. The molecule has 0 aliphatic rings. The Morgan fingerprint density at radius 3 is 2.62 bits per heavy atom. The molecule has 0 bridgehead atoms. The number of para-hydroxylation sites is 1. The second kappa shape index (κ2) is 7.38. The minimum Gasteiger partial charge on any atom is -0.487 e. The van der Waals surface area contributed by atoms with E-state index in [1.165, 1.54) is 6.07 Å². The summed E-state index contributed by atoms with van der Waals surface area (Å²) in [6.07, 6.45) is 0.706. The highest BCUT2D eigenvalue weighted by atomic mass is 79.9. The molecule has 0 aliphatic heterocycles. The van der Waals surface area contributed by atoms with Crippen molar-refractivity contribution in [1.29, 1.82) is 0 Å². The molecule has 2 aromatic rings. The quantitative estimate of drug-likeness (QED) is 0.758. The van der Waals surface area contributed by atoms with Crippen LogP contribution in [-0.4, -0.2) is 6.04 Å². The van der Waals surface area contributed by atoms with Crippen LogP contribution in [0.4, 0.5) is 4.39 Å². The van der Waals surface area contributed by atoms with Crippen molar-refractivity contribution in [2.45, 2.75) is 26.0 Å². The predicted octanol–water partition coefficient (Wildman–Crippen LogP) is 4.82. The normalized spacial score (nSPS) is 12.2. The van der Waals surface area contributed by atoms with Crippen LogP contribution in [0.5, 0.6) is 5.75 Å². The molecule has 0 amide bonds. The largest absolute Gasteiger partial charge is 0.487 e. The molecule has 21 heavy (non-hydrogen) atoms. The Labute approximate surface area is 140 Å². The average molecular weight is 417 g/mol. The lowest BCUT2D eigenvalue weighted by molar-refractivity contribution is 0.294. The van der Waals surface area contributed by atoms with Crippen molar-refractivity contribution in [3.05, 3.63) is 62.3 Å². The minimum absolute atomic E-state index is 0.0334. The molecule has 1 unspecified atom stereocenters. The Hall–Kier alpha value is -0.910. The van der Waals surface area contributed by atoms with Crippen LogP contribution in [0, 0.1) is 5.82 Å². The van der Waals surface area contributed by atoms with Gasteiger partial charge in [0.25, 0.3) is 0 Å². The highest BCUT2D eigenvalue weighted by Gasteiger charge is 2.11. The van der Waals surface area contributed by atoms with Gasteiger partial charge >= 0.3 is 0 Å². The highest BCUT2D eigenvalue weighted by molar-refractivity contribution is 9.10. The average Bonchev–Trinajstić information content (AvgIpc) is 2.39. The third-order valence-electron chi connectivity index (χ3n) is 2.98. The van der Waals surface area contributed by atoms with Gasteiger partial charge in [0.2, 0.25) is 0 Å². The second-order valence-electron chi connectivity index (χ2n) is 4.93. The fraction of sp³-hybridized carbons (Fsp3) is 0.250. The van der Waals surface area contributed by atoms with E-state index in [0.717, 1.165) is 15.8 Å². The van der Waals surface area contributed by atoms with Crippen molar-refractivity contribution in [2.24, 2.45) is 5.73 Å². The molecule has 0 heterocycles. The Kier molecular flexibility index (Phi) is 5.79. The molecule has 0 radical (unpaired) electrons. The molecule has 0 saturated carbocycles. The molecule has 1 atom stereocenters. The van der Waals surface area contributed by atoms with Crippen LogP contribution in [0.25, 0.3) is 0 Å². The summed E-state index contributed by atoms with van der Waals surface area (Å²) in [4.78, 5) is 0. The number of hydrogen-bond donors (Lipinski definition) is 1. The Bertz CT molecular complexity index is 632. The Morgan fingerprint density at radius 1 is 1.19 bits per heavy atom. The van der Waals surface area contributed by atoms with Crippen LogP contribution in [0.1, 0.15) is 18.1 Å².